The molecule has 1 fully saturated rings. The molecule has 2 rings (SSSR count). The van der Waals surface area contributed by atoms with E-state index in [1.165, 1.54) is 32.1 Å². The molecule has 6 nitrogen and oxygen atoms in total. The van der Waals surface area contributed by atoms with Crippen molar-refractivity contribution in [1.82, 2.24) is 4.98 Å². The van der Waals surface area contributed by atoms with Gasteiger partial charge in [-0.05, 0) is 25.7 Å². The highest BCUT2D eigenvalue weighted by Crippen LogP contribution is 2.35. The van der Waals surface area contributed by atoms with Crippen LogP contribution in [0.4, 0.5) is 11.5 Å². The highest BCUT2D eigenvalue weighted by molar-refractivity contribution is 5.57. The molecule has 0 bridgehead atoms. The molecule has 1 aliphatic rings. The van der Waals surface area contributed by atoms with Gasteiger partial charge >= 0.3 is 5.69 Å². The van der Waals surface area contributed by atoms with Gasteiger partial charge in [-0.25, -0.2) is 0 Å². The van der Waals surface area contributed by atoms with Crippen molar-refractivity contribution < 1.29 is 9.66 Å². The predicted octanol–water partition coefficient (Wildman–Crippen LogP) is 2.21. The lowest BCUT2D eigenvalue weighted by atomic mass is 10.2. The minimum Gasteiger partial charge on any atom is -0.481 e. The number of hydrogen-bond donors (Lipinski definition) is 1. The fourth-order valence-electron chi connectivity index (χ4n) is 1.73. The molecule has 0 radical (unpaired) electrons. The number of hydrogen-bond acceptors (Lipinski definition) is 5. The van der Waals surface area contributed by atoms with Crippen molar-refractivity contribution in [3.8, 4) is 5.88 Å². The third kappa shape index (κ3) is 2.64. The maximum Gasteiger partial charge on any atom is 0.311 e. The molecule has 1 heterocycles. The van der Waals surface area contributed by atoms with E-state index in [1.807, 2.05) is 6.92 Å². The Hall–Kier alpha value is -1.85. The number of ether oxygens (including phenoxy) is 1. The molecule has 0 aliphatic heterocycles. The number of aromatic nitrogens is 1. The SMILES string of the molecule is COc1ccc([N+](=O)[O-])c(NC(C)C2CC2)n1. The van der Waals surface area contributed by atoms with E-state index in [1.54, 1.807) is 0 Å². The first-order valence-electron chi connectivity index (χ1n) is 5.57. The van der Waals surface area contributed by atoms with Gasteiger partial charge in [0, 0.05) is 18.2 Å². The summed E-state index contributed by atoms with van der Waals surface area (Å²) in [5.41, 5.74) is -0.0155. The van der Waals surface area contributed by atoms with Gasteiger partial charge in [-0.3, -0.25) is 10.1 Å². The van der Waals surface area contributed by atoms with Crippen LogP contribution in [-0.2, 0) is 0 Å². The monoisotopic (exact) mass is 237 g/mol. The normalized spacial score (nSPS) is 16.4. The van der Waals surface area contributed by atoms with E-state index >= 15 is 0 Å². The van der Waals surface area contributed by atoms with Gasteiger partial charge in [0.2, 0.25) is 11.7 Å². The summed E-state index contributed by atoms with van der Waals surface area (Å²) < 4.78 is 4.97. The van der Waals surface area contributed by atoms with Gasteiger partial charge in [0.15, 0.2) is 0 Å². The van der Waals surface area contributed by atoms with E-state index < -0.39 is 4.92 Å². The Morgan fingerprint density at radius 2 is 2.29 bits per heavy atom. The van der Waals surface area contributed by atoms with E-state index in [2.05, 4.69) is 10.3 Å². The van der Waals surface area contributed by atoms with E-state index in [0.717, 1.165) is 0 Å². The van der Waals surface area contributed by atoms with Crippen LogP contribution in [0.5, 0.6) is 5.88 Å². The number of pyridine rings is 1. The van der Waals surface area contributed by atoms with Crippen LogP contribution < -0.4 is 10.1 Å². The third-order valence-electron chi connectivity index (χ3n) is 2.95. The molecule has 92 valence electrons. The van der Waals surface area contributed by atoms with Crippen LogP contribution in [0.15, 0.2) is 12.1 Å². The largest absolute Gasteiger partial charge is 0.481 e. The van der Waals surface area contributed by atoms with Crippen LogP contribution in [0.25, 0.3) is 0 Å². The summed E-state index contributed by atoms with van der Waals surface area (Å²) in [5.74, 6) is 1.26. The maximum atomic E-state index is 10.9. The van der Waals surface area contributed by atoms with Crippen molar-refractivity contribution >= 4 is 11.5 Å². The Morgan fingerprint density at radius 1 is 1.59 bits per heavy atom. The van der Waals surface area contributed by atoms with Gasteiger partial charge in [-0.1, -0.05) is 0 Å². The number of nitro groups is 1. The highest BCUT2D eigenvalue weighted by atomic mass is 16.6. The van der Waals surface area contributed by atoms with Gasteiger partial charge in [-0.15, -0.1) is 0 Å². The Morgan fingerprint density at radius 3 is 2.82 bits per heavy atom. The van der Waals surface area contributed by atoms with Crippen molar-refractivity contribution in [2.24, 2.45) is 5.92 Å². The topological polar surface area (TPSA) is 77.3 Å². The standard InChI is InChI=1S/C11H15N3O3/c1-7(8-3-4-8)12-11-9(14(15)16)5-6-10(13-11)17-2/h5-8H,3-4H2,1-2H3,(H,12,13). The summed E-state index contributed by atoms with van der Waals surface area (Å²) in [4.78, 5) is 14.5. The molecule has 0 spiro atoms. The van der Waals surface area contributed by atoms with Crippen molar-refractivity contribution in [2.75, 3.05) is 12.4 Å². The fraction of sp³-hybridized carbons (Fsp3) is 0.545. The van der Waals surface area contributed by atoms with Gasteiger partial charge in [0.05, 0.1) is 12.0 Å². The fourth-order valence-corrected chi connectivity index (χ4v) is 1.73. The first-order chi connectivity index (χ1) is 8.11. The lowest BCUT2D eigenvalue weighted by Crippen LogP contribution is -2.19. The molecule has 6 heteroatoms. The molecule has 0 amide bonds. The van der Waals surface area contributed by atoms with Crippen LogP contribution in [0.1, 0.15) is 19.8 Å². The van der Waals surface area contributed by atoms with Crippen molar-refractivity contribution in [1.29, 1.82) is 0 Å². The average Bonchev–Trinajstić information content (AvgIpc) is 3.12. The Kier molecular flexibility index (Phi) is 3.12. The smallest absolute Gasteiger partial charge is 0.311 e. The molecule has 1 aliphatic carbocycles. The maximum absolute atomic E-state index is 10.9. The second kappa shape index (κ2) is 4.57. The predicted molar refractivity (Wildman–Crippen MR) is 63.3 cm³/mol. The molecule has 1 N–H and O–H groups in total. The first kappa shape index (κ1) is 11.6. The van der Waals surface area contributed by atoms with Gasteiger partial charge < -0.3 is 10.1 Å². The number of nitrogens with one attached hydrogen (secondary N) is 1. The van der Waals surface area contributed by atoms with Crippen molar-refractivity contribution in [2.45, 2.75) is 25.8 Å². The zero-order valence-electron chi connectivity index (χ0n) is 9.84. The minimum absolute atomic E-state index is 0.0155. The lowest BCUT2D eigenvalue weighted by Gasteiger charge is -2.13. The summed E-state index contributed by atoms with van der Waals surface area (Å²) in [6, 6.07) is 3.10. The summed E-state index contributed by atoms with van der Waals surface area (Å²) in [7, 11) is 1.49. The zero-order chi connectivity index (χ0) is 12.4. The van der Waals surface area contributed by atoms with Crippen LogP contribution in [0.2, 0.25) is 0 Å². The molecule has 1 atom stereocenters. The number of nitrogens with zero attached hydrogens (tertiary/aromatic N) is 2. The third-order valence-corrected chi connectivity index (χ3v) is 2.95. The van der Waals surface area contributed by atoms with Crippen LogP contribution >= 0.6 is 0 Å². The molecular weight excluding hydrogens is 222 g/mol. The van der Waals surface area contributed by atoms with Crippen LogP contribution in [0, 0.1) is 16.0 Å². The van der Waals surface area contributed by atoms with Crippen LogP contribution in [-0.4, -0.2) is 23.1 Å². The number of methoxy groups -OCH3 is 1. The van der Waals surface area contributed by atoms with E-state index in [4.69, 9.17) is 4.74 Å². The van der Waals surface area contributed by atoms with E-state index in [-0.39, 0.29) is 17.5 Å². The molecule has 0 saturated heterocycles. The molecule has 0 aromatic carbocycles. The second-order valence-electron chi connectivity index (χ2n) is 4.25. The average molecular weight is 237 g/mol. The highest BCUT2D eigenvalue weighted by Gasteiger charge is 2.29. The van der Waals surface area contributed by atoms with Crippen LogP contribution in [0.3, 0.4) is 0 Å². The molecule has 1 saturated carbocycles. The zero-order valence-corrected chi connectivity index (χ0v) is 9.84. The second-order valence-corrected chi connectivity index (χ2v) is 4.25. The molecule has 1 unspecified atom stereocenters. The quantitative estimate of drug-likeness (QED) is 0.627. The Balaban J connectivity index is 2.23. The van der Waals surface area contributed by atoms with E-state index in [0.29, 0.717) is 11.8 Å². The number of rotatable bonds is 5. The van der Waals surface area contributed by atoms with Gasteiger partial charge in [-0.2, -0.15) is 4.98 Å². The molecule has 1 aromatic heterocycles. The van der Waals surface area contributed by atoms with Crippen molar-refractivity contribution in [3.63, 3.8) is 0 Å². The summed E-state index contributed by atoms with van der Waals surface area (Å²) in [6.07, 6.45) is 2.35. The van der Waals surface area contributed by atoms with Gasteiger partial charge in [0.1, 0.15) is 0 Å². The summed E-state index contributed by atoms with van der Waals surface area (Å²) in [6.45, 7) is 2.02. The molecule has 17 heavy (non-hydrogen) atoms. The Labute approximate surface area is 99.2 Å². The van der Waals surface area contributed by atoms with E-state index in [9.17, 15) is 10.1 Å². The Bertz CT molecular complexity index is 432. The molecular formula is C11H15N3O3. The number of anilines is 1. The van der Waals surface area contributed by atoms with Gasteiger partial charge in [0.25, 0.3) is 0 Å². The molecule has 1 aromatic rings. The lowest BCUT2D eigenvalue weighted by molar-refractivity contribution is -0.384. The first-order valence-corrected chi connectivity index (χ1v) is 5.57. The summed E-state index contributed by atoms with van der Waals surface area (Å²) >= 11 is 0. The van der Waals surface area contributed by atoms with Crippen molar-refractivity contribution in [3.05, 3.63) is 22.2 Å². The minimum atomic E-state index is -0.436. The summed E-state index contributed by atoms with van der Waals surface area (Å²) in [5, 5.41) is 14.0.